The molecular weight excluding hydrogens is 1330 g/mol. The highest BCUT2D eigenvalue weighted by Gasteiger charge is 2.30. The van der Waals surface area contributed by atoms with E-state index >= 15 is 0 Å². The van der Waals surface area contributed by atoms with Crippen LogP contribution in [-0.4, -0.2) is 96.7 Å². The lowest BCUT2D eigenvalue weighted by atomic mass is 10.00. The van der Waals surface area contributed by atoms with Gasteiger partial charge in [0.2, 0.25) is 0 Å². The third-order valence-electron chi connectivity index (χ3n) is 19.7. The number of hydrogen-bond acceptors (Lipinski definition) is 15. The molecule has 17 nitrogen and oxygen atoms in total. The summed E-state index contributed by atoms with van der Waals surface area (Å²) in [6.45, 7) is 11.9. The number of unbranched alkanes of at least 4 members (excludes halogenated alkanes) is 48. The van der Waals surface area contributed by atoms with Crippen LogP contribution in [0, 0.1) is 17.8 Å². The van der Waals surface area contributed by atoms with Crippen molar-refractivity contribution >= 4 is 39.5 Å². The van der Waals surface area contributed by atoms with E-state index < -0.39 is 97.5 Å². The zero-order valence-corrected chi connectivity index (χ0v) is 68.9. The highest BCUT2D eigenvalue weighted by Crippen LogP contribution is 2.45. The van der Waals surface area contributed by atoms with Crippen LogP contribution in [0.25, 0.3) is 0 Å². The first-order valence-corrected chi connectivity index (χ1v) is 45.9. The van der Waals surface area contributed by atoms with Gasteiger partial charge in [0.05, 0.1) is 26.4 Å². The number of aliphatic hydroxyl groups is 1. The Balaban J connectivity index is 5.22. The summed E-state index contributed by atoms with van der Waals surface area (Å²) in [5.41, 5.74) is 0. The molecule has 3 unspecified atom stereocenters. The second-order valence-corrected chi connectivity index (χ2v) is 34.0. The molecule has 0 heterocycles. The van der Waals surface area contributed by atoms with E-state index in [0.717, 1.165) is 114 Å². The van der Waals surface area contributed by atoms with Crippen LogP contribution in [0.3, 0.4) is 0 Å². The molecule has 0 spiro atoms. The Kier molecular flexibility index (Phi) is 71.8. The van der Waals surface area contributed by atoms with E-state index in [0.29, 0.717) is 25.7 Å². The number of aliphatic hydroxyl groups excluding tert-OH is 1. The summed E-state index contributed by atoms with van der Waals surface area (Å²) in [7, 11) is -9.92. The monoisotopic (exact) mass is 1490 g/mol. The summed E-state index contributed by atoms with van der Waals surface area (Å²) in [5, 5.41) is 10.6. The molecule has 0 aromatic heterocycles. The van der Waals surface area contributed by atoms with Gasteiger partial charge in [0.15, 0.2) is 12.2 Å². The van der Waals surface area contributed by atoms with Crippen molar-refractivity contribution < 1.29 is 80.2 Å². The van der Waals surface area contributed by atoms with Crippen molar-refractivity contribution in [3.05, 3.63) is 0 Å². The van der Waals surface area contributed by atoms with Gasteiger partial charge in [-0.2, -0.15) is 0 Å². The number of phosphoric ester groups is 2. The maximum Gasteiger partial charge on any atom is 0.472 e. The first kappa shape index (κ1) is 100. The molecule has 0 rings (SSSR count). The standard InChI is InChI=1S/C83H162O17P2/c1-8-10-11-12-13-14-15-16-17-18-19-20-21-22-23-24-29-32-38-43-52-59-66-82(87)99-78(70-93-80(85)64-57-50-42-37-31-28-26-25-27-30-35-40-47-54-61-74(3)4)72-97-101(89,90)95-68-77(84)69-96-102(91,92)98-73-79(71-94-81(86)65-58-51-46-45-49-56-63-76(7)9-2)100-83(88)67-60-53-44-39-34-33-36-41-48-55-62-75(5)6/h74-79,84H,8-73H2,1-7H3,(H,89,90)(H,91,92)/t76?,77-,78-,79-/m1/s1. The molecule has 6 atom stereocenters. The van der Waals surface area contributed by atoms with Crippen LogP contribution >= 0.6 is 15.6 Å². The minimum atomic E-state index is -4.96. The smallest absolute Gasteiger partial charge is 0.462 e. The van der Waals surface area contributed by atoms with Crippen LogP contribution in [0.5, 0.6) is 0 Å². The molecule has 102 heavy (non-hydrogen) atoms. The Morgan fingerprint density at radius 1 is 0.284 bits per heavy atom. The number of carbonyl (C=O) groups excluding carboxylic acids is 4. The summed E-state index contributed by atoms with van der Waals surface area (Å²) in [6.07, 6.45) is 62.6. The van der Waals surface area contributed by atoms with Crippen molar-refractivity contribution in [3.63, 3.8) is 0 Å². The van der Waals surface area contributed by atoms with E-state index in [4.69, 9.17) is 37.0 Å². The fourth-order valence-electron chi connectivity index (χ4n) is 12.8. The lowest BCUT2D eigenvalue weighted by molar-refractivity contribution is -0.161. The predicted octanol–water partition coefficient (Wildman–Crippen LogP) is 24.9. The molecule has 19 heteroatoms. The predicted molar refractivity (Wildman–Crippen MR) is 418 cm³/mol. The van der Waals surface area contributed by atoms with Gasteiger partial charge in [-0.3, -0.25) is 37.3 Å². The Morgan fingerprint density at radius 3 is 0.745 bits per heavy atom. The summed E-state index contributed by atoms with van der Waals surface area (Å²) in [6, 6.07) is 0. The summed E-state index contributed by atoms with van der Waals surface area (Å²) < 4.78 is 68.8. The van der Waals surface area contributed by atoms with E-state index in [1.807, 2.05) is 0 Å². The quantitative estimate of drug-likeness (QED) is 0.0222. The van der Waals surface area contributed by atoms with Crippen molar-refractivity contribution in [2.24, 2.45) is 17.8 Å². The van der Waals surface area contributed by atoms with Crippen molar-refractivity contribution in [3.8, 4) is 0 Å². The number of rotatable bonds is 81. The van der Waals surface area contributed by atoms with Crippen LogP contribution in [0.4, 0.5) is 0 Å². The molecular formula is C83H162O17P2. The van der Waals surface area contributed by atoms with Crippen LogP contribution in [0.2, 0.25) is 0 Å². The topological polar surface area (TPSA) is 237 Å². The lowest BCUT2D eigenvalue weighted by Crippen LogP contribution is -2.30. The average molecular weight is 1490 g/mol. The molecule has 606 valence electrons. The largest absolute Gasteiger partial charge is 0.472 e. The SMILES string of the molecule is CCCCCCCCCCCCCCCCCCCCCCCCC(=O)O[C@H](COC(=O)CCCCCCCCCCCCCCCCC(C)C)COP(=O)(O)OC[C@@H](O)COP(=O)(O)OC[C@@H](COC(=O)CCCCCCCCC(C)CC)OC(=O)CCCCCCCCCCCCC(C)C. The first-order chi connectivity index (χ1) is 49.3. The number of ether oxygens (including phenoxy) is 4. The molecule has 0 fully saturated rings. The van der Waals surface area contributed by atoms with Gasteiger partial charge in [-0.1, -0.05) is 382 Å². The zero-order valence-electron chi connectivity index (χ0n) is 67.1. The van der Waals surface area contributed by atoms with Crippen molar-refractivity contribution in [1.82, 2.24) is 0 Å². The molecule has 0 aromatic carbocycles. The van der Waals surface area contributed by atoms with Gasteiger partial charge in [0.25, 0.3) is 0 Å². The number of esters is 4. The summed E-state index contributed by atoms with van der Waals surface area (Å²) in [5.74, 6) is 0.170. The van der Waals surface area contributed by atoms with Crippen molar-refractivity contribution in [2.75, 3.05) is 39.6 Å². The molecule has 0 aliphatic carbocycles. The first-order valence-electron chi connectivity index (χ1n) is 42.9. The van der Waals surface area contributed by atoms with Crippen LogP contribution in [0.1, 0.15) is 434 Å². The van der Waals surface area contributed by atoms with Gasteiger partial charge >= 0.3 is 39.5 Å². The highest BCUT2D eigenvalue weighted by atomic mass is 31.2. The van der Waals surface area contributed by atoms with Gasteiger partial charge in [-0.15, -0.1) is 0 Å². The molecule has 3 N–H and O–H groups in total. The lowest BCUT2D eigenvalue weighted by Gasteiger charge is -2.21. The Labute approximate surface area is 626 Å². The van der Waals surface area contributed by atoms with Gasteiger partial charge in [-0.05, 0) is 43.4 Å². The molecule has 0 saturated heterocycles. The minimum Gasteiger partial charge on any atom is -0.462 e. The van der Waals surface area contributed by atoms with E-state index in [1.54, 1.807) is 0 Å². The second kappa shape index (κ2) is 73.2. The van der Waals surface area contributed by atoms with Crippen LogP contribution in [0.15, 0.2) is 0 Å². The average Bonchev–Trinajstić information content (AvgIpc) is 0.914. The number of hydrogen-bond donors (Lipinski definition) is 3. The fourth-order valence-corrected chi connectivity index (χ4v) is 14.4. The summed E-state index contributed by atoms with van der Waals surface area (Å²) in [4.78, 5) is 73.1. The highest BCUT2D eigenvalue weighted by molar-refractivity contribution is 7.47. The number of carbonyl (C=O) groups is 4. The van der Waals surface area contributed by atoms with Crippen molar-refractivity contribution in [2.45, 2.75) is 452 Å². The van der Waals surface area contributed by atoms with Gasteiger partial charge in [0.1, 0.15) is 19.3 Å². The van der Waals surface area contributed by atoms with Gasteiger partial charge in [0, 0.05) is 25.7 Å². The maximum atomic E-state index is 13.1. The second-order valence-electron chi connectivity index (χ2n) is 31.1. The fraction of sp³-hybridized carbons (Fsp3) is 0.952. The van der Waals surface area contributed by atoms with E-state index in [9.17, 15) is 43.2 Å². The minimum absolute atomic E-state index is 0.105. The van der Waals surface area contributed by atoms with Crippen molar-refractivity contribution in [1.29, 1.82) is 0 Å². The Bertz CT molecular complexity index is 1980. The maximum absolute atomic E-state index is 13.1. The molecule has 0 aliphatic rings. The van der Waals surface area contributed by atoms with E-state index in [1.165, 1.54) is 238 Å². The summed E-state index contributed by atoms with van der Waals surface area (Å²) >= 11 is 0. The van der Waals surface area contributed by atoms with Crippen LogP contribution < -0.4 is 0 Å². The third-order valence-corrected chi connectivity index (χ3v) is 21.6. The molecule has 0 saturated carbocycles. The molecule has 0 amide bonds. The van der Waals surface area contributed by atoms with Gasteiger partial charge < -0.3 is 33.8 Å². The normalized spacial score (nSPS) is 14.2. The molecule has 0 aliphatic heterocycles. The molecule has 0 radical (unpaired) electrons. The van der Waals surface area contributed by atoms with E-state index in [-0.39, 0.29) is 25.7 Å². The van der Waals surface area contributed by atoms with E-state index in [2.05, 4.69) is 48.5 Å². The van der Waals surface area contributed by atoms with Gasteiger partial charge in [-0.25, -0.2) is 9.13 Å². The molecule has 0 aromatic rings. The zero-order chi connectivity index (χ0) is 75.1. The third kappa shape index (κ3) is 74.9. The van der Waals surface area contributed by atoms with Crippen LogP contribution in [-0.2, 0) is 65.4 Å². The Hall–Kier alpha value is -1.94. The molecule has 0 bridgehead atoms. The number of phosphoric acid groups is 2. The Morgan fingerprint density at radius 2 is 0.500 bits per heavy atom.